The van der Waals surface area contributed by atoms with E-state index in [1.54, 1.807) is 33.2 Å². The zero-order chi connectivity index (χ0) is 13.2. The molecule has 2 N–H and O–H groups in total. The largest absolute Gasteiger partial charge is 0.366 e. The summed E-state index contributed by atoms with van der Waals surface area (Å²) in [6, 6.07) is 3.46. The smallest absolute Gasteiger partial charge is 0.253 e. The van der Waals surface area contributed by atoms with Gasteiger partial charge in [0.15, 0.2) is 0 Å². The van der Waals surface area contributed by atoms with Crippen molar-refractivity contribution in [2.24, 2.45) is 5.73 Å². The lowest BCUT2D eigenvalue weighted by Crippen LogP contribution is -2.23. The van der Waals surface area contributed by atoms with E-state index in [1.807, 2.05) is 6.92 Å². The molecular formula is C13H18N2O2. The van der Waals surface area contributed by atoms with E-state index < -0.39 is 5.91 Å². The van der Waals surface area contributed by atoms with E-state index in [0.717, 1.165) is 11.1 Å². The van der Waals surface area contributed by atoms with Crippen LogP contribution < -0.4 is 5.73 Å². The molecule has 0 bridgehead atoms. The van der Waals surface area contributed by atoms with Crippen LogP contribution in [0.4, 0.5) is 0 Å². The van der Waals surface area contributed by atoms with Crippen LogP contribution in [0.25, 0.3) is 0 Å². The summed E-state index contributed by atoms with van der Waals surface area (Å²) in [6.07, 6.45) is 0.674. The Hall–Kier alpha value is -1.84. The van der Waals surface area contributed by atoms with Gasteiger partial charge in [-0.25, -0.2) is 0 Å². The minimum Gasteiger partial charge on any atom is -0.366 e. The Bertz CT molecular complexity index is 465. The lowest BCUT2D eigenvalue weighted by atomic mass is 9.96. The predicted molar refractivity (Wildman–Crippen MR) is 67.1 cm³/mol. The van der Waals surface area contributed by atoms with E-state index in [0.29, 0.717) is 17.5 Å². The van der Waals surface area contributed by atoms with Gasteiger partial charge in [-0.05, 0) is 36.6 Å². The van der Waals surface area contributed by atoms with E-state index >= 15 is 0 Å². The first-order chi connectivity index (χ1) is 7.88. The second-order valence-electron chi connectivity index (χ2n) is 4.24. The SMILES string of the molecule is CCc1cc(C(=O)N(C)C)cc(C)c1C(N)=O. The lowest BCUT2D eigenvalue weighted by molar-refractivity contribution is 0.0826. The van der Waals surface area contributed by atoms with Gasteiger partial charge in [0.25, 0.3) is 5.91 Å². The van der Waals surface area contributed by atoms with Gasteiger partial charge in [-0.15, -0.1) is 0 Å². The molecule has 4 nitrogen and oxygen atoms in total. The maximum atomic E-state index is 11.9. The molecule has 0 spiro atoms. The van der Waals surface area contributed by atoms with Crippen molar-refractivity contribution >= 4 is 11.8 Å². The summed E-state index contributed by atoms with van der Waals surface area (Å²) in [4.78, 5) is 24.7. The topological polar surface area (TPSA) is 63.4 Å². The number of carbonyl (C=O) groups excluding carboxylic acids is 2. The van der Waals surface area contributed by atoms with Crippen molar-refractivity contribution in [1.29, 1.82) is 0 Å². The zero-order valence-corrected chi connectivity index (χ0v) is 10.7. The van der Waals surface area contributed by atoms with Crippen LogP contribution in [0.2, 0.25) is 0 Å². The molecular weight excluding hydrogens is 216 g/mol. The number of primary amides is 1. The molecule has 1 rings (SSSR count). The van der Waals surface area contributed by atoms with Crippen LogP contribution in [0, 0.1) is 6.92 Å². The van der Waals surface area contributed by atoms with E-state index in [-0.39, 0.29) is 5.91 Å². The highest BCUT2D eigenvalue weighted by atomic mass is 16.2. The highest BCUT2D eigenvalue weighted by Gasteiger charge is 2.15. The molecule has 0 atom stereocenters. The monoisotopic (exact) mass is 234 g/mol. The second kappa shape index (κ2) is 4.99. The van der Waals surface area contributed by atoms with E-state index in [2.05, 4.69) is 0 Å². The number of aryl methyl sites for hydroxylation is 2. The summed E-state index contributed by atoms with van der Waals surface area (Å²) in [6.45, 7) is 3.73. The molecule has 0 fully saturated rings. The van der Waals surface area contributed by atoms with Crippen LogP contribution >= 0.6 is 0 Å². The standard InChI is InChI=1S/C13H18N2O2/c1-5-9-7-10(13(17)15(3)4)6-8(2)11(9)12(14)16/h6-7H,5H2,1-4H3,(H2,14,16). The molecule has 0 aromatic heterocycles. The van der Waals surface area contributed by atoms with Gasteiger partial charge in [0.05, 0.1) is 0 Å². The summed E-state index contributed by atoms with van der Waals surface area (Å²) >= 11 is 0. The fraction of sp³-hybridized carbons (Fsp3) is 0.385. The van der Waals surface area contributed by atoms with Gasteiger partial charge in [0.1, 0.15) is 0 Å². The van der Waals surface area contributed by atoms with Gasteiger partial charge in [-0.1, -0.05) is 6.92 Å². The summed E-state index contributed by atoms with van der Waals surface area (Å²) in [5.41, 5.74) is 8.04. The van der Waals surface area contributed by atoms with E-state index in [1.165, 1.54) is 4.90 Å². The fourth-order valence-electron chi connectivity index (χ4n) is 1.87. The molecule has 17 heavy (non-hydrogen) atoms. The number of amides is 2. The highest BCUT2D eigenvalue weighted by Crippen LogP contribution is 2.18. The molecule has 92 valence electrons. The molecule has 0 unspecified atom stereocenters. The lowest BCUT2D eigenvalue weighted by Gasteiger charge is -2.14. The Morgan fingerprint density at radius 2 is 1.88 bits per heavy atom. The summed E-state index contributed by atoms with van der Waals surface area (Å²) in [5.74, 6) is -0.512. The molecule has 0 radical (unpaired) electrons. The molecule has 2 amide bonds. The predicted octanol–water partition coefficient (Wildman–Crippen LogP) is 1.36. The van der Waals surface area contributed by atoms with Gasteiger partial charge in [-0.3, -0.25) is 9.59 Å². The van der Waals surface area contributed by atoms with Crippen molar-refractivity contribution in [2.75, 3.05) is 14.1 Å². The maximum Gasteiger partial charge on any atom is 0.253 e. The molecule has 0 heterocycles. The van der Waals surface area contributed by atoms with Crippen molar-refractivity contribution in [3.8, 4) is 0 Å². The Balaban J connectivity index is 3.37. The third kappa shape index (κ3) is 2.64. The minimum absolute atomic E-state index is 0.0705. The number of nitrogens with zero attached hydrogens (tertiary/aromatic N) is 1. The van der Waals surface area contributed by atoms with Crippen molar-refractivity contribution in [3.63, 3.8) is 0 Å². The van der Waals surface area contributed by atoms with Gasteiger partial charge >= 0.3 is 0 Å². The average Bonchev–Trinajstić information content (AvgIpc) is 2.25. The number of carbonyl (C=O) groups is 2. The number of hydrogen-bond acceptors (Lipinski definition) is 2. The first kappa shape index (κ1) is 13.2. The van der Waals surface area contributed by atoms with Crippen molar-refractivity contribution < 1.29 is 9.59 Å². The van der Waals surface area contributed by atoms with E-state index in [4.69, 9.17) is 5.73 Å². The summed E-state index contributed by atoms with van der Waals surface area (Å²) < 4.78 is 0. The number of rotatable bonds is 3. The molecule has 0 aliphatic carbocycles. The van der Waals surface area contributed by atoms with Gasteiger partial charge in [0, 0.05) is 25.2 Å². The molecule has 4 heteroatoms. The number of nitrogens with two attached hydrogens (primary N) is 1. The van der Waals surface area contributed by atoms with Gasteiger partial charge in [0.2, 0.25) is 5.91 Å². The van der Waals surface area contributed by atoms with E-state index in [9.17, 15) is 9.59 Å². The quantitative estimate of drug-likeness (QED) is 0.858. The Labute approximate surface area is 101 Å². The maximum absolute atomic E-state index is 11.9. The van der Waals surface area contributed by atoms with Gasteiger partial charge < -0.3 is 10.6 Å². The summed E-state index contributed by atoms with van der Waals surface area (Å²) in [5, 5.41) is 0. The number of hydrogen-bond donors (Lipinski definition) is 1. The first-order valence-corrected chi connectivity index (χ1v) is 5.53. The van der Waals surface area contributed by atoms with Crippen LogP contribution in [0.15, 0.2) is 12.1 Å². The van der Waals surface area contributed by atoms with Crippen LogP contribution in [0.5, 0.6) is 0 Å². The molecule has 1 aromatic rings. The van der Waals surface area contributed by atoms with Crippen LogP contribution in [0.3, 0.4) is 0 Å². The third-order valence-electron chi connectivity index (χ3n) is 2.70. The molecule has 0 saturated heterocycles. The normalized spacial score (nSPS) is 10.1. The fourth-order valence-corrected chi connectivity index (χ4v) is 1.87. The third-order valence-corrected chi connectivity index (χ3v) is 2.70. The number of benzene rings is 1. The Kier molecular flexibility index (Phi) is 3.89. The average molecular weight is 234 g/mol. The molecule has 1 aromatic carbocycles. The summed E-state index contributed by atoms with van der Waals surface area (Å²) in [7, 11) is 3.40. The van der Waals surface area contributed by atoms with Crippen molar-refractivity contribution in [3.05, 3.63) is 34.4 Å². The van der Waals surface area contributed by atoms with Crippen LogP contribution in [-0.2, 0) is 6.42 Å². The van der Waals surface area contributed by atoms with Crippen LogP contribution in [-0.4, -0.2) is 30.8 Å². The van der Waals surface area contributed by atoms with Crippen molar-refractivity contribution in [2.45, 2.75) is 20.3 Å². The molecule has 0 saturated carbocycles. The zero-order valence-electron chi connectivity index (χ0n) is 10.7. The first-order valence-electron chi connectivity index (χ1n) is 5.53. The highest BCUT2D eigenvalue weighted by molar-refractivity contribution is 5.99. The molecule has 0 aliphatic rings. The van der Waals surface area contributed by atoms with Crippen LogP contribution in [0.1, 0.15) is 38.8 Å². The minimum atomic E-state index is -0.441. The Morgan fingerprint density at radius 1 is 1.29 bits per heavy atom. The molecule has 0 aliphatic heterocycles. The van der Waals surface area contributed by atoms with Crippen molar-refractivity contribution in [1.82, 2.24) is 4.90 Å². The Morgan fingerprint density at radius 3 is 2.29 bits per heavy atom. The van der Waals surface area contributed by atoms with Gasteiger partial charge in [-0.2, -0.15) is 0 Å². The second-order valence-corrected chi connectivity index (χ2v) is 4.24.